The summed E-state index contributed by atoms with van der Waals surface area (Å²) < 4.78 is 11.3. The van der Waals surface area contributed by atoms with E-state index < -0.39 is 0 Å². The third kappa shape index (κ3) is 6.16. The summed E-state index contributed by atoms with van der Waals surface area (Å²) >= 11 is 0. The number of carbonyl (C=O) groups is 1. The molecule has 4 heterocycles. The van der Waals surface area contributed by atoms with Gasteiger partial charge in [-0.2, -0.15) is 0 Å². The minimum atomic E-state index is -0.266. The van der Waals surface area contributed by atoms with Crippen molar-refractivity contribution in [2.75, 3.05) is 45.9 Å². The first-order valence-corrected chi connectivity index (χ1v) is 16.2. The smallest absolute Gasteiger partial charge is 0.410 e. The van der Waals surface area contributed by atoms with Gasteiger partial charge in [-0.25, -0.2) is 14.6 Å². The molecule has 0 bridgehead atoms. The Balaban J connectivity index is 1.13. The summed E-state index contributed by atoms with van der Waals surface area (Å²) in [6.07, 6.45) is 5.85. The Hall–Kier alpha value is -4.85. The van der Waals surface area contributed by atoms with Crippen molar-refractivity contribution >= 4 is 28.4 Å². The number of piperidine rings is 1. The monoisotopic (exact) mass is 617 g/mol. The molecule has 0 radical (unpaired) electrons. The van der Waals surface area contributed by atoms with Gasteiger partial charge in [0.15, 0.2) is 5.94 Å². The number of morpholine rings is 1. The van der Waals surface area contributed by atoms with Crippen molar-refractivity contribution in [1.29, 1.82) is 0 Å². The van der Waals surface area contributed by atoms with Crippen molar-refractivity contribution in [2.24, 2.45) is 5.92 Å². The van der Waals surface area contributed by atoms with Crippen LogP contribution in [0.2, 0.25) is 0 Å². The third-order valence-corrected chi connectivity index (χ3v) is 9.55. The number of benzene rings is 3. The Bertz CT molecular complexity index is 1730. The molecule has 1 N–H and O–H groups in total. The number of hydrogen-bond donors (Lipinski definition) is 1. The van der Waals surface area contributed by atoms with Crippen LogP contribution in [0.3, 0.4) is 0 Å². The minimum Gasteiger partial charge on any atom is -0.445 e. The fourth-order valence-electron chi connectivity index (χ4n) is 7.15. The van der Waals surface area contributed by atoms with E-state index in [2.05, 4.69) is 68.2 Å². The zero-order valence-electron chi connectivity index (χ0n) is 25.9. The van der Waals surface area contributed by atoms with Gasteiger partial charge in [0.05, 0.1) is 43.2 Å². The van der Waals surface area contributed by atoms with Crippen LogP contribution in [0.1, 0.15) is 42.1 Å². The highest BCUT2D eigenvalue weighted by Gasteiger charge is 2.39. The quantitative estimate of drug-likeness (QED) is 0.249. The van der Waals surface area contributed by atoms with E-state index in [4.69, 9.17) is 9.47 Å². The Morgan fingerprint density at radius 2 is 1.74 bits per heavy atom. The number of imidazole rings is 1. The van der Waals surface area contributed by atoms with Gasteiger partial charge in [-0.15, -0.1) is 0 Å². The van der Waals surface area contributed by atoms with Crippen molar-refractivity contribution in [3.8, 4) is 0 Å². The number of hydrogen-bond acceptors (Lipinski definition) is 7. The molecule has 0 aliphatic carbocycles. The van der Waals surface area contributed by atoms with Crippen LogP contribution in [0.4, 0.5) is 4.79 Å². The number of rotatable bonds is 8. The normalized spacial score (nSPS) is 18.3. The van der Waals surface area contributed by atoms with Gasteiger partial charge in [-0.05, 0) is 47.1 Å². The van der Waals surface area contributed by atoms with E-state index in [9.17, 15) is 9.59 Å². The Morgan fingerprint density at radius 3 is 2.50 bits per heavy atom. The van der Waals surface area contributed by atoms with Crippen LogP contribution in [0.5, 0.6) is 0 Å². The van der Waals surface area contributed by atoms with E-state index in [1.54, 1.807) is 6.33 Å². The lowest BCUT2D eigenvalue weighted by molar-refractivity contribution is 0.0538. The van der Waals surface area contributed by atoms with Gasteiger partial charge < -0.3 is 29.2 Å². The number of H-pyrrole nitrogens is 1. The summed E-state index contributed by atoms with van der Waals surface area (Å²) in [5.74, 6) is 2.74. The summed E-state index contributed by atoms with van der Waals surface area (Å²) in [5.41, 5.74) is 5.77. The number of nitrogens with one attached hydrogen (secondary N) is 1. The Kier molecular flexibility index (Phi) is 8.85. The van der Waals surface area contributed by atoms with Crippen LogP contribution in [0, 0.1) is 5.92 Å². The van der Waals surface area contributed by atoms with Crippen LogP contribution >= 0.6 is 0 Å². The average Bonchev–Trinajstić information content (AvgIpc) is 3.79. The molecule has 1 atom stereocenters. The van der Waals surface area contributed by atoms with E-state index in [0.29, 0.717) is 44.5 Å². The molecule has 46 heavy (non-hydrogen) atoms. The molecule has 0 spiro atoms. The van der Waals surface area contributed by atoms with E-state index in [1.807, 2.05) is 41.4 Å². The first-order chi connectivity index (χ1) is 22.7. The number of ether oxygens (including phenoxy) is 2. The van der Waals surface area contributed by atoms with Gasteiger partial charge in [0.1, 0.15) is 12.3 Å². The van der Waals surface area contributed by atoms with Crippen molar-refractivity contribution in [3.05, 3.63) is 114 Å². The summed E-state index contributed by atoms with van der Waals surface area (Å²) in [6, 6.07) is 24.5. The molecule has 3 aliphatic rings. The zero-order valence-corrected chi connectivity index (χ0v) is 25.9. The predicted octanol–water partition coefficient (Wildman–Crippen LogP) is 5.82. The number of likely N-dealkylation sites (tertiary alicyclic amines) is 1. The maximum atomic E-state index is 13.0. The maximum absolute atomic E-state index is 13.0. The van der Waals surface area contributed by atoms with Crippen LogP contribution in [-0.4, -0.2) is 82.6 Å². The second kappa shape index (κ2) is 13.6. The molecule has 2 fully saturated rings. The standard InChI is InChI=1S/C37H39N5O4/c43-24-35-36(40-17-19-45-20-18-40)32(31-12-6-10-29-9-4-5-11-30(29)31)23-42(35)34(33-22-38-26-39-33)21-27-13-15-41(16-14-27)37(44)46-25-28-7-2-1-3-8-28/h1-12,22,26-27,34H,13-21,23,25H2,(H,38,39). The van der Waals surface area contributed by atoms with E-state index in [1.165, 1.54) is 10.8 Å². The van der Waals surface area contributed by atoms with Crippen LogP contribution in [0.15, 0.2) is 96.7 Å². The lowest BCUT2D eigenvalue weighted by Gasteiger charge is -2.37. The molecular weight excluding hydrogens is 578 g/mol. The van der Waals surface area contributed by atoms with Crippen molar-refractivity contribution in [3.63, 3.8) is 0 Å². The molecule has 236 valence electrons. The van der Waals surface area contributed by atoms with Gasteiger partial charge in [0, 0.05) is 38.3 Å². The largest absolute Gasteiger partial charge is 0.445 e. The fourth-order valence-corrected chi connectivity index (χ4v) is 7.15. The SMILES string of the molecule is O=C=C1C(N2CCOCC2)=C(c2cccc3ccccc23)CN1C(CC1CCN(C(=O)OCc2ccccc2)CC1)c1cnc[nH]1. The lowest BCUT2D eigenvalue weighted by Crippen LogP contribution is -2.40. The number of fused-ring (bicyclic) bond motifs is 1. The highest BCUT2D eigenvalue weighted by Crippen LogP contribution is 2.44. The maximum Gasteiger partial charge on any atom is 0.410 e. The first kappa shape index (κ1) is 29.8. The topological polar surface area (TPSA) is 91.0 Å². The van der Waals surface area contributed by atoms with Crippen molar-refractivity contribution in [1.82, 2.24) is 24.7 Å². The molecule has 3 aromatic carbocycles. The fraction of sp³-hybridized carbons (Fsp3) is 0.351. The van der Waals surface area contributed by atoms with Gasteiger partial charge in [0.2, 0.25) is 0 Å². The summed E-state index contributed by atoms with van der Waals surface area (Å²) in [7, 11) is 0. The van der Waals surface area contributed by atoms with Gasteiger partial charge >= 0.3 is 6.09 Å². The molecule has 1 aromatic heterocycles. The number of aromatic nitrogens is 2. The molecule has 1 unspecified atom stereocenters. The van der Waals surface area contributed by atoms with Crippen molar-refractivity contribution < 1.29 is 19.1 Å². The third-order valence-electron chi connectivity index (χ3n) is 9.55. The number of carbonyl (C=O) groups excluding carboxylic acids is 2. The van der Waals surface area contributed by atoms with Gasteiger partial charge in [-0.1, -0.05) is 72.8 Å². The zero-order chi connectivity index (χ0) is 31.3. The molecule has 1 amide bonds. The summed E-state index contributed by atoms with van der Waals surface area (Å²) in [6.45, 7) is 4.82. The summed E-state index contributed by atoms with van der Waals surface area (Å²) in [5, 5.41) is 2.34. The van der Waals surface area contributed by atoms with Crippen molar-refractivity contribution in [2.45, 2.75) is 31.9 Å². The van der Waals surface area contributed by atoms with Gasteiger partial charge in [0.25, 0.3) is 0 Å². The second-order valence-corrected chi connectivity index (χ2v) is 12.3. The first-order valence-electron chi connectivity index (χ1n) is 16.2. The highest BCUT2D eigenvalue weighted by atomic mass is 16.6. The van der Waals surface area contributed by atoms with Crippen LogP contribution in [0.25, 0.3) is 16.3 Å². The average molecular weight is 618 g/mol. The van der Waals surface area contributed by atoms with E-state index >= 15 is 0 Å². The molecule has 3 aliphatic heterocycles. The van der Waals surface area contributed by atoms with E-state index in [0.717, 1.165) is 60.4 Å². The number of aromatic amines is 1. The Labute approximate surface area is 269 Å². The molecule has 7 rings (SSSR count). The second-order valence-electron chi connectivity index (χ2n) is 12.3. The summed E-state index contributed by atoms with van der Waals surface area (Å²) in [4.78, 5) is 39.9. The highest BCUT2D eigenvalue weighted by molar-refractivity contribution is 5.97. The van der Waals surface area contributed by atoms with E-state index in [-0.39, 0.29) is 18.7 Å². The molecule has 2 saturated heterocycles. The number of amides is 1. The molecule has 9 nitrogen and oxygen atoms in total. The molecule has 0 saturated carbocycles. The molecule has 9 heteroatoms. The lowest BCUT2D eigenvalue weighted by atomic mass is 9.88. The number of nitrogens with zero attached hydrogens (tertiary/aromatic N) is 4. The predicted molar refractivity (Wildman–Crippen MR) is 176 cm³/mol. The Morgan fingerprint density at radius 1 is 0.978 bits per heavy atom. The molecular formula is C37H39N5O4. The minimum absolute atomic E-state index is 0.107. The van der Waals surface area contributed by atoms with Crippen LogP contribution in [-0.2, 0) is 20.9 Å². The van der Waals surface area contributed by atoms with Crippen LogP contribution < -0.4 is 0 Å². The van der Waals surface area contributed by atoms with Gasteiger partial charge in [-0.3, -0.25) is 0 Å². The molecule has 4 aromatic rings.